The quantitative estimate of drug-likeness (QED) is 0.813. The summed E-state index contributed by atoms with van der Waals surface area (Å²) >= 11 is 0. The average molecular weight is 287 g/mol. The molecular formula is C19H29NO. The number of rotatable bonds is 5. The van der Waals surface area contributed by atoms with Gasteiger partial charge in [-0.3, -0.25) is 0 Å². The van der Waals surface area contributed by atoms with Crippen LogP contribution in [0.2, 0.25) is 0 Å². The molecule has 1 aromatic rings. The Balaban J connectivity index is 1.42. The molecule has 3 unspecified atom stereocenters. The monoisotopic (exact) mass is 287 g/mol. The van der Waals surface area contributed by atoms with Crippen LogP contribution in [-0.4, -0.2) is 19.7 Å². The fourth-order valence-corrected chi connectivity index (χ4v) is 4.03. The zero-order valence-corrected chi connectivity index (χ0v) is 13.3. The van der Waals surface area contributed by atoms with Gasteiger partial charge >= 0.3 is 0 Å². The normalized spacial score (nSPS) is 28.7. The van der Waals surface area contributed by atoms with E-state index in [9.17, 15) is 0 Å². The molecular weight excluding hydrogens is 258 g/mol. The molecule has 0 aromatic heterocycles. The predicted molar refractivity (Wildman–Crippen MR) is 87.9 cm³/mol. The van der Waals surface area contributed by atoms with E-state index in [0.717, 1.165) is 37.2 Å². The van der Waals surface area contributed by atoms with E-state index in [4.69, 9.17) is 4.74 Å². The molecule has 1 aliphatic carbocycles. The molecule has 2 aliphatic rings. The Morgan fingerprint density at radius 2 is 2.10 bits per heavy atom. The topological polar surface area (TPSA) is 21.3 Å². The number of fused-ring (bicyclic) bond motifs is 1. The summed E-state index contributed by atoms with van der Waals surface area (Å²) in [6.45, 7) is 5.56. The molecule has 1 heterocycles. The summed E-state index contributed by atoms with van der Waals surface area (Å²) in [5.41, 5.74) is 1.39. The van der Waals surface area contributed by atoms with Crippen LogP contribution >= 0.6 is 0 Å². The van der Waals surface area contributed by atoms with Crippen LogP contribution in [0.25, 0.3) is 0 Å². The van der Waals surface area contributed by atoms with Crippen LogP contribution in [0.1, 0.15) is 56.9 Å². The van der Waals surface area contributed by atoms with Crippen molar-refractivity contribution in [3.8, 4) is 5.75 Å². The van der Waals surface area contributed by atoms with Gasteiger partial charge in [0, 0.05) is 12.5 Å². The van der Waals surface area contributed by atoms with Crippen molar-refractivity contribution in [3.63, 3.8) is 0 Å². The van der Waals surface area contributed by atoms with Crippen LogP contribution in [0, 0.1) is 11.8 Å². The third-order valence-corrected chi connectivity index (χ3v) is 5.25. The van der Waals surface area contributed by atoms with Crippen molar-refractivity contribution in [2.75, 3.05) is 19.7 Å². The van der Waals surface area contributed by atoms with Crippen molar-refractivity contribution in [1.82, 2.24) is 5.32 Å². The van der Waals surface area contributed by atoms with E-state index in [1.165, 1.54) is 44.2 Å². The van der Waals surface area contributed by atoms with E-state index in [1.54, 1.807) is 0 Å². The number of nitrogens with one attached hydrogen (secondary N) is 1. The van der Waals surface area contributed by atoms with Crippen LogP contribution in [-0.2, 0) is 0 Å². The largest absolute Gasteiger partial charge is 0.493 e. The summed E-state index contributed by atoms with van der Waals surface area (Å²) in [6.07, 6.45) is 8.29. The first-order valence-corrected chi connectivity index (χ1v) is 8.75. The highest BCUT2D eigenvalue weighted by molar-refractivity contribution is 5.37. The maximum atomic E-state index is 5.74. The van der Waals surface area contributed by atoms with Gasteiger partial charge in [-0.25, -0.2) is 0 Å². The van der Waals surface area contributed by atoms with Gasteiger partial charge in [0.1, 0.15) is 5.75 Å². The van der Waals surface area contributed by atoms with Crippen molar-refractivity contribution >= 4 is 0 Å². The molecule has 0 spiro atoms. The molecule has 1 fully saturated rings. The van der Waals surface area contributed by atoms with Crippen LogP contribution in [0.3, 0.4) is 0 Å². The van der Waals surface area contributed by atoms with Gasteiger partial charge in [-0.1, -0.05) is 44.4 Å². The number of benzene rings is 1. The lowest BCUT2D eigenvalue weighted by atomic mass is 9.81. The molecule has 0 radical (unpaired) electrons. The highest BCUT2D eigenvalue weighted by Crippen LogP contribution is 2.33. The van der Waals surface area contributed by atoms with Crippen molar-refractivity contribution in [3.05, 3.63) is 29.8 Å². The van der Waals surface area contributed by atoms with E-state index in [0.29, 0.717) is 5.92 Å². The summed E-state index contributed by atoms with van der Waals surface area (Å²) in [4.78, 5) is 0. The third-order valence-electron chi connectivity index (χ3n) is 5.25. The Bertz CT molecular complexity index is 445. The Hall–Kier alpha value is -1.02. The Kier molecular flexibility index (Phi) is 5.18. The number of para-hydroxylation sites is 1. The molecule has 0 bridgehead atoms. The van der Waals surface area contributed by atoms with E-state index in [2.05, 4.69) is 36.5 Å². The van der Waals surface area contributed by atoms with Crippen molar-refractivity contribution < 1.29 is 4.74 Å². The first-order chi connectivity index (χ1) is 10.3. The molecule has 1 N–H and O–H groups in total. The van der Waals surface area contributed by atoms with E-state index >= 15 is 0 Å². The molecule has 2 heteroatoms. The van der Waals surface area contributed by atoms with Crippen LogP contribution in [0.4, 0.5) is 0 Å². The lowest BCUT2D eigenvalue weighted by molar-refractivity contribution is 0.256. The minimum absolute atomic E-state index is 0.625. The second-order valence-electron chi connectivity index (χ2n) is 7.00. The Labute approximate surface area is 129 Å². The molecule has 1 aromatic carbocycles. The zero-order chi connectivity index (χ0) is 14.5. The zero-order valence-electron chi connectivity index (χ0n) is 13.3. The van der Waals surface area contributed by atoms with Crippen molar-refractivity contribution in [2.24, 2.45) is 11.8 Å². The molecule has 2 nitrogen and oxygen atoms in total. The molecule has 0 amide bonds. The lowest BCUT2D eigenvalue weighted by Crippen LogP contribution is -2.28. The summed E-state index contributed by atoms with van der Waals surface area (Å²) in [5.74, 6) is 3.63. The lowest BCUT2D eigenvalue weighted by Gasteiger charge is -2.28. The van der Waals surface area contributed by atoms with E-state index < -0.39 is 0 Å². The van der Waals surface area contributed by atoms with Crippen molar-refractivity contribution in [2.45, 2.75) is 51.4 Å². The smallest absolute Gasteiger partial charge is 0.122 e. The second kappa shape index (κ2) is 7.31. The maximum absolute atomic E-state index is 5.74. The average Bonchev–Trinajstić information content (AvgIpc) is 2.52. The minimum atomic E-state index is 0.625. The fraction of sp³-hybridized carbons (Fsp3) is 0.684. The van der Waals surface area contributed by atoms with Gasteiger partial charge in [-0.15, -0.1) is 0 Å². The molecule has 1 aliphatic heterocycles. The van der Waals surface area contributed by atoms with Gasteiger partial charge in [0.15, 0.2) is 0 Å². The Morgan fingerprint density at radius 1 is 1.19 bits per heavy atom. The summed E-state index contributed by atoms with van der Waals surface area (Å²) in [5, 5.41) is 3.70. The standard InChI is InChI=1S/C19H29NO/c1-15-5-4-6-16(13-15)9-11-20-14-17-10-12-21-19-8-3-2-7-18(17)19/h2-3,7-8,15-17,20H,4-6,9-14H2,1H3. The van der Waals surface area contributed by atoms with Gasteiger partial charge in [0.05, 0.1) is 6.61 Å². The summed E-state index contributed by atoms with van der Waals surface area (Å²) < 4.78 is 5.74. The summed E-state index contributed by atoms with van der Waals surface area (Å²) in [6, 6.07) is 8.53. The van der Waals surface area contributed by atoms with Gasteiger partial charge in [-0.05, 0) is 49.3 Å². The van der Waals surface area contributed by atoms with Gasteiger partial charge < -0.3 is 10.1 Å². The number of hydrogen-bond acceptors (Lipinski definition) is 2. The SMILES string of the molecule is CC1CCCC(CCNCC2CCOc3ccccc32)C1. The Morgan fingerprint density at radius 3 is 3.00 bits per heavy atom. The molecule has 116 valence electrons. The molecule has 3 rings (SSSR count). The number of hydrogen-bond donors (Lipinski definition) is 1. The van der Waals surface area contributed by atoms with Gasteiger partial charge in [0.25, 0.3) is 0 Å². The van der Waals surface area contributed by atoms with E-state index in [1.807, 2.05) is 0 Å². The highest BCUT2D eigenvalue weighted by atomic mass is 16.5. The minimum Gasteiger partial charge on any atom is -0.493 e. The molecule has 21 heavy (non-hydrogen) atoms. The number of ether oxygens (including phenoxy) is 1. The second-order valence-corrected chi connectivity index (χ2v) is 7.00. The van der Waals surface area contributed by atoms with Gasteiger partial charge in [-0.2, -0.15) is 0 Å². The van der Waals surface area contributed by atoms with E-state index in [-0.39, 0.29) is 0 Å². The van der Waals surface area contributed by atoms with Gasteiger partial charge in [0.2, 0.25) is 0 Å². The molecule has 1 saturated carbocycles. The predicted octanol–water partition coefficient (Wildman–Crippen LogP) is 4.36. The molecule has 3 atom stereocenters. The van der Waals surface area contributed by atoms with Crippen LogP contribution in [0.15, 0.2) is 24.3 Å². The fourth-order valence-electron chi connectivity index (χ4n) is 4.03. The first-order valence-electron chi connectivity index (χ1n) is 8.75. The highest BCUT2D eigenvalue weighted by Gasteiger charge is 2.21. The first kappa shape index (κ1) is 14.9. The summed E-state index contributed by atoms with van der Waals surface area (Å²) in [7, 11) is 0. The van der Waals surface area contributed by atoms with Crippen molar-refractivity contribution in [1.29, 1.82) is 0 Å². The molecule has 0 saturated heterocycles. The third kappa shape index (κ3) is 4.00. The van der Waals surface area contributed by atoms with Crippen LogP contribution < -0.4 is 10.1 Å². The van der Waals surface area contributed by atoms with Crippen LogP contribution in [0.5, 0.6) is 5.75 Å². The maximum Gasteiger partial charge on any atom is 0.122 e.